The van der Waals surface area contributed by atoms with Crippen LogP contribution in [0.2, 0.25) is 0 Å². The monoisotopic (exact) mass is 176 g/mol. The Hall–Kier alpha value is -0.890. The second kappa shape index (κ2) is 2.81. The molecule has 1 heterocycles. The smallest absolute Gasteiger partial charge is 0.0303 e. The first-order valence-corrected chi connectivity index (χ1v) is 4.78. The van der Waals surface area contributed by atoms with E-state index in [2.05, 4.69) is 24.9 Å². The van der Waals surface area contributed by atoms with Gasteiger partial charge in [0, 0.05) is 12.4 Å². The Bertz CT molecular complexity index is 292. The molecule has 1 aliphatic rings. The zero-order valence-electron chi connectivity index (χ0n) is 8.20. The molecule has 1 aromatic heterocycles. The van der Waals surface area contributed by atoms with E-state index >= 15 is 0 Å². The summed E-state index contributed by atoms with van der Waals surface area (Å²) in [6.07, 6.45) is 3.78. The lowest BCUT2D eigenvalue weighted by atomic mass is 10.1. The van der Waals surface area contributed by atoms with Crippen LogP contribution in [-0.4, -0.2) is 11.5 Å². The van der Waals surface area contributed by atoms with Crippen molar-refractivity contribution in [2.75, 3.05) is 6.54 Å². The van der Waals surface area contributed by atoms with Gasteiger partial charge in [0.1, 0.15) is 0 Å². The van der Waals surface area contributed by atoms with Crippen molar-refractivity contribution in [2.24, 2.45) is 17.1 Å². The molecule has 0 amide bonds. The predicted molar refractivity (Wildman–Crippen MR) is 53.3 cm³/mol. The van der Waals surface area contributed by atoms with Crippen molar-refractivity contribution in [3.8, 4) is 0 Å². The van der Waals surface area contributed by atoms with Gasteiger partial charge in [-0.05, 0) is 35.4 Å². The number of hydrogen-bond donors (Lipinski definition) is 1. The Morgan fingerprint density at radius 3 is 2.77 bits per heavy atom. The maximum atomic E-state index is 5.72. The fraction of sp³-hybridized carbons (Fsp3) is 0.545. The van der Waals surface area contributed by atoms with Gasteiger partial charge in [0.15, 0.2) is 0 Å². The quantitative estimate of drug-likeness (QED) is 0.746. The summed E-state index contributed by atoms with van der Waals surface area (Å²) in [7, 11) is 0. The number of rotatable bonds is 2. The van der Waals surface area contributed by atoms with Gasteiger partial charge in [0.25, 0.3) is 0 Å². The summed E-state index contributed by atoms with van der Waals surface area (Å²) >= 11 is 0. The van der Waals surface area contributed by atoms with Gasteiger partial charge in [0.05, 0.1) is 0 Å². The van der Waals surface area contributed by atoms with E-state index in [4.69, 9.17) is 5.73 Å². The van der Waals surface area contributed by atoms with Crippen LogP contribution in [0.1, 0.15) is 25.3 Å². The average molecular weight is 176 g/mol. The summed E-state index contributed by atoms with van der Waals surface area (Å²) in [4.78, 5) is 4.14. The summed E-state index contributed by atoms with van der Waals surface area (Å²) in [5, 5.41) is 0. The third kappa shape index (κ3) is 1.25. The van der Waals surface area contributed by atoms with Crippen LogP contribution in [0, 0.1) is 11.3 Å². The molecule has 2 atom stereocenters. The molecular weight excluding hydrogens is 160 g/mol. The fourth-order valence-electron chi connectivity index (χ4n) is 2.41. The minimum Gasteiger partial charge on any atom is -0.330 e. The summed E-state index contributed by atoms with van der Waals surface area (Å²) < 4.78 is 0. The van der Waals surface area contributed by atoms with Crippen LogP contribution < -0.4 is 5.73 Å². The van der Waals surface area contributed by atoms with Crippen molar-refractivity contribution < 1.29 is 0 Å². The zero-order valence-corrected chi connectivity index (χ0v) is 8.20. The molecule has 2 rings (SSSR count). The number of hydrogen-bond acceptors (Lipinski definition) is 2. The van der Waals surface area contributed by atoms with Gasteiger partial charge < -0.3 is 5.73 Å². The van der Waals surface area contributed by atoms with E-state index in [0.717, 1.165) is 6.54 Å². The maximum absolute atomic E-state index is 5.72. The molecule has 1 fully saturated rings. The van der Waals surface area contributed by atoms with Crippen molar-refractivity contribution in [3.63, 3.8) is 0 Å². The Labute approximate surface area is 79.2 Å². The fourth-order valence-corrected chi connectivity index (χ4v) is 2.41. The van der Waals surface area contributed by atoms with Gasteiger partial charge in [0.2, 0.25) is 0 Å². The minimum atomic E-state index is 0.373. The molecule has 70 valence electrons. The van der Waals surface area contributed by atoms with Crippen LogP contribution in [0.3, 0.4) is 0 Å². The molecule has 13 heavy (non-hydrogen) atoms. The van der Waals surface area contributed by atoms with Gasteiger partial charge in [-0.3, -0.25) is 4.98 Å². The lowest BCUT2D eigenvalue weighted by molar-refractivity contribution is 0.558. The summed E-state index contributed by atoms with van der Waals surface area (Å²) in [6, 6.07) is 4.15. The highest BCUT2D eigenvalue weighted by Gasteiger charge is 2.57. The third-order valence-electron chi connectivity index (χ3n) is 3.35. The van der Waals surface area contributed by atoms with Crippen LogP contribution in [0.4, 0.5) is 0 Å². The molecule has 2 nitrogen and oxygen atoms in total. The Kier molecular flexibility index (Phi) is 1.88. The number of pyridine rings is 1. The standard InChI is InChI=1S/C11H16N2/c1-11(2)9(6-12)10(11)8-4-3-5-13-7-8/h3-5,7,9-10H,6,12H2,1-2H3. The lowest BCUT2D eigenvalue weighted by Crippen LogP contribution is -2.05. The van der Waals surface area contributed by atoms with Gasteiger partial charge in [-0.15, -0.1) is 0 Å². The normalized spacial score (nSPS) is 30.1. The molecule has 0 saturated heterocycles. The molecule has 1 saturated carbocycles. The second-order valence-electron chi connectivity index (χ2n) is 4.43. The molecule has 2 unspecified atom stereocenters. The second-order valence-corrected chi connectivity index (χ2v) is 4.43. The van der Waals surface area contributed by atoms with Crippen LogP contribution in [0.5, 0.6) is 0 Å². The van der Waals surface area contributed by atoms with Gasteiger partial charge in [-0.1, -0.05) is 19.9 Å². The molecule has 2 heteroatoms. The van der Waals surface area contributed by atoms with E-state index < -0.39 is 0 Å². The first-order valence-electron chi connectivity index (χ1n) is 4.78. The highest BCUT2D eigenvalue weighted by atomic mass is 14.7. The van der Waals surface area contributed by atoms with E-state index in [0.29, 0.717) is 17.3 Å². The van der Waals surface area contributed by atoms with E-state index in [1.54, 1.807) is 0 Å². The van der Waals surface area contributed by atoms with Crippen molar-refractivity contribution >= 4 is 0 Å². The predicted octanol–water partition coefficient (Wildman–Crippen LogP) is 1.78. The van der Waals surface area contributed by atoms with E-state index in [1.165, 1.54) is 5.56 Å². The van der Waals surface area contributed by atoms with Crippen molar-refractivity contribution in [1.29, 1.82) is 0 Å². The van der Waals surface area contributed by atoms with E-state index in [1.807, 2.05) is 18.5 Å². The number of aromatic nitrogens is 1. The third-order valence-corrected chi connectivity index (χ3v) is 3.35. The first-order chi connectivity index (χ1) is 6.18. The molecule has 0 aliphatic heterocycles. The molecule has 0 radical (unpaired) electrons. The molecule has 0 bridgehead atoms. The summed E-state index contributed by atoms with van der Waals surface area (Å²) in [5.74, 6) is 1.25. The van der Waals surface area contributed by atoms with Gasteiger partial charge in [-0.2, -0.15) is 0 Å². The number of nitrogens with two attached hydrogens (primary N) is 1. The minimum absolute atomic E-state index is 0.373. The maximum Gasteiger partial charge on any atom is 0.0303 e. The topological polar surface area (TPSA) is 38.9 Å². The Morgan fingerprint density at radius 1 is 1.54 bits per heavy atom. The lowest BCUT2D eigenvalue weighted by Gasteiger charge is -2.01. The van der Waals surface area contributed by atoms with E-state index in [9.17, 15) is 0 Å². The zero-order chi connectivity index (χ0) is 9.47. The molecule has 0 aromatic carbocycles. The van der Waals surface area contributed by atoms with E-state index in [-0.39, 0.29) is 0 Å². The van der Waals surface area contributed by atoms with Crippen molar-refractivity contribution in [3.05, 3.63) is 30.1 Å². The molecule has 0 spiro atoms. The molecule has 1 aliphatic carbocycles. The Balaban J connectivity index is 2.22. The van der Waals surface area contributed by atoms with Crippen molar-refractivity contribution in [1.82, 2.24) is 4.98 Å². The summed E-state index contributed by atoms with van der Waals surface area (Å²) in [6.45, 7) is 5.34. The van der Waals surface area contributed by atoms with Crippen LogP contribution in [0.15, 0.2) is 24.5 Å². The summed E-state index contributed by atoms with van der Waals surface area (Å²) in [5.41, 5.74) is 7.43. The molecule has 2 N–H and O–H groups in total. The first kappa shape index (κ1) is 8.70. The van der Waals surface area contributed by atoms with Crippen molar-refractivity contribution in [2.45, 2.75) is 19.8 Å². The van der Waals surface area contributed by atoms with Crippen LogP contribution >= 0.6 is 0 Å². The number of nitrogens with zero attached hydrogens (tertiary/aromatic N) is 1. The largest absolute Gasteiger partial charge is 0.330 e. The highest BCUT2D eigenvalue weighted by Crippen LogP contribution is 2.63. The van der Waals surface area contributed by atoms with Gasteiger partial charge >= 0.3 is 0 Å². The van der Waals surface area contributed by atoms with Crippen LogP contribution in [0.25, 0.3) is 0 Å². The highest BCUT2D eigenvalue weighted by molar-refractivity contribution is 5.29. The average Bonchev–Trinajstić information content (AvgIpc) is 2.69. The van der Waals surface area contributed by atoms with Crippen LogP contribution in [-0.2, 0) is 0 Å². The SMILES string of the molecule is CC1(C)C(CN)C1c1cccnc1. The Morgan fingerprint density at radius 2 is 2.31 bits per heavy atom. The molecular formula is C11H16N2. The van der Waals surface area contributed by atoms with Gasteiger partial charge in [-0.25, -0.2) is 0 Å². The molecule has 1 aromatic rings.